The molecular formula is C21H22N2O8. The van der Waals surface area contributed by atoms with E-state index in [4.69, 9.17) is 28.5 Å². The zero-order chi connectivity index (χ0) is 22.4. The predicted molar refractivity (Wildman–Crippen MR) is 109 cm³/mol. The van der Waals surface area contributed by atoms with Crippen LogP contribution in [0.5, 0.6) is 28.7 Å². The van der Waals surface area contributed by atoms with Crippen LogP contribution in [0.2, 0.25) is 0 Å². The van der Waals surface area contributed by atoms with Crippen LogP contribution in [0.4, 0.5) is 0 Å². The lowest BCUT2D eigenvalue weighted by atomic mass is 10.1. The third kappa shape index (κ3) is 4.97. The molecule has 2 aromatic rings. The minimum absolute atomic E-state index is 0.0268. The zero-order valence-corrected chi connectivity index (χ0v) is 17.5. The highest BCUT2D eigenvalue weighted by Crippen LogP contribution is 2.49. The van der Waals surface area contributed by atoms with Gasteiger partial charge >= 0.3 is 5.97 Å². The van der Waals surface area contributed by atoms with E-state index < -0.39 is 5.97 Å². The summed E-state index contributed by atoms with van der Waals surface area (Å²) in [4.78, 5) is 29.4. The highest BCUT2D eigenvalue weighted by atomic mass is 16.7. The van der Waals surface area contributed by atoms with Gasteiger partial charge < -0.3 is 33.8 Å². The molecule has 1 aliphatic heterocycles. The Balaban J connectivity index is 1.84. The number of nitrogens with one attached hydrogen (secondary N) is 1. The highest BCUT2D eigenvalue weighted by molar-refractivity contribution is 5.99. The molecule has 0 unspecified atom stereocenters. The number of ether oxygens (including phenoxy) is 5. The van der Waals surface area contributed by atoms with Gasteiger partial charge in [0.25, 0.3) is 0 Å². The molecule has 0 aromatic heterocycles. The molecule has 2 aromatic carbocycles. The van der Waals surface area contributed by atoms with Crippen molar-refractivity contribution in [2.45, 2.75) is 13.3 Å². The molecular weight excluding hydrogens is 408 g/mol. The molecule has 1 aliphatic rings. The highest BCUT2D eigenvalue weighted by Gasteiger charge is 2.30. The largest absolute Gasteiger partial charge is 0.497 e. The lowest BCUT2D eigenvalue weighted by Gasteiger charge is -2.12. The molecule has 1 N–H and O–H groups in total. The van der Waals surface area contributed by atoms with Gasteiger partial charge in [-0.25, -0.2) is 4.79 Å². The Morgan fingerprint density at radius 2 is 1.74 bits per heavy atom. The van der Waals surface area contributed by atoms with Crippen molar-refractivity contribution >= 4 is 17.7 Å². The quantitative estimate of drug-likeness (QED) is 0.308. The fourth-order valence-corrected chi connectivity index (χ4v) is 2.91. The molecule has 164 valence electrons. The molecule has 1 amide bonds. The Labute approximate surface area is 178 Å². The van der Waals surface area contributed by atoms with E-state index in [1.807, 2.05) is 12.1 Å². The van der Waals surface area contributed by atoms with Gasteiger partial charge in [0.1, 0.15) is 11.3 Å². The molecule has 0 fully saturated rings. The lowest BCUT2D eigenvalue weighted by Crippen LogP contribution is -2.30. The number of methoxy groups -OCH3 is 3. The average Bonchev–Trinajstić information content (AvgIpc) is 3.26. The van der Waals surface area contributed by atoms with Crippen LogP contribution in [0.25, 0.3) is 0 Å². The van der Waals surface area contributed by atoms with Gasteiger partial charge in [0.15, 0.2) is 17.3 Å². The van der Waals surface area contributed by atoms with Gasteiger partial charge in [-0.1, -0.05) is 17.3 Å². The minimum Gasteiger partial charge on any atom is -0.497 e. The van der Waals surface area contributed by atoms with E-state index in [2.05, 4.69) is 10.5 Å². The second kappa shape index (κ2) is 9.70. The normalized spacial score (nSPS) is 12.2. The first-order valence-electron chi connectivity index (χ1n) is 9.20. The third-order valence-corrected chi connectivity index (χ3v) is 4.30. The first-order valence-corrected chi connectivity index (χ1v) is 9.20. The van der Waals surface area contributed by atoms with Gasteiger partial charge in [-0.15, -0.1) is 0 Å². The maximum Gasteiger partial charge on any atom is 0.369 e. The molecule has 10 nitrogen and oxygen atoms in total. The summed E-state index contributed by atoms with van der Waals surface area (Å²) >= 11 is 0. The number of oxime groups is 1. The van der Waals surface area contributed by atoms with Gasteiger partial charge in [-0.2, -0.15) is 0 Å². The maximum absolute atomic E-state index is 12.7. The van der Waals surface area contributed by atoms with Crippen molar-refractivity contribution in [3.8, 4) is 28.7 Å². The molecule has 0 saturated carbocycles. The van der Waals surface area contributed by atoms with Crippen molar-refractivity contribution in [3.63, 3.8) is 0 Å². The Bertz CT molecular complexity index is 1000. The van der Waals surface area contributed by atoms with Crippen molar-refractivity contribution in [1.82, 2.24) is 5.32 Å². The number of nitrogens with zero attached hydrogens (tertiary/aromatic N) is 1. The Kier molecular flexibility index (Phi) is 6.81. The second-order valence-electron chi connectivity index (χ2n) is 6.35. The number of carbonyl (C=O) groups excluding carboxylic acids is 2. The van der Waals surface area contributed by atoms with Crippen LogP contribution < -0.4 is 29.0 Å². The van der Waals surface area contributed by atoms with Gasteiger partial charge in [0.05, 0.1) is 21.3 Å². The summed E-state index contributed by atoms with van der Waals surface area (Å²) < 4.78 is 26.4. The minimum atomic E-state index is -0.828. The van der Waals surface area contributed by atoms with Crippen LogP contribution in [0.15, 0.2) is 35.5 Å². The standard InChI is InChI=1S/C21H22N2O8/c1-12(24)22-17(9-13-5-7-14(26-2)8-6-13)23-31-21(25)15-10-16(27-3)19-20(18(15)28-4)30-11-29-19/h5-8,10H,9,11H2,1-4H3,(H,22,23,24). The van der Waals surface area contributed by atoms with E-state index in [1.54, 1.807) is 19.2 Å². The van der Waals surface area contributed by atoms with E-state index in [0.29, 0.717) is 11.5 Å². The molecule has 0 aliphatic carbocycles. The molecule has 1 heterocycles. The van der Waals surface area contributed by atoms with Crippen molar-refractivity contribution in [3.05, 3.63) is 41.5 Å². The van der Waals surface area contributed by atoms with Crippen LogP contribution in [0.3, 0.4) is 0 Å². The van der Waals surface area contributed by atoms with E-state index in [-0.39, 0.29) is 47.8 Å². The van der Waals surface area contributed by atoms with Crippen LogP contribution in [0, 0.1) is 0 Å². The van der Waals surface area contributed by atoms with Crippen LogP contribution in [0.1, 0.15) is 22.8 Å². The topological polar surface area (TPSA) is 114 Å². The summed E-state index contributed by atoms with van der Waals surface area (Å²) in [5.74, 6) is 0.636. The van der Waals surface area contributed by atoms with Crippen LogP contribution in [-0.2, 0) is 16.1 Å². The second-order valence-corrected chi connectivity index (χ2v) is 6.35. The number of fused-ring (bicyclic) bond motifs is 1. The number of carbonyl (C=O) groups is 2. The lowest BCUT2D eigenvalue weighted by molar-refractivity contribution is -0.117. The molecule has 0 bridgehead atoms. The summed E-state index contributed by atoms with van der Waals surface area (Å²) in [6, 6.07) is 8.58. The van der Waals surface area contributed by atoms with Gasteiger partial charge in [0.2, 0.25) is 24.2 Å². The molecule has 31 heavy (non-hydrogen) atoms. The SMILES string of the molecule is COc1ccc(C/C(=N/OC(=O)c2cc(OC)c3c(c2OC)OCO3)NC(C)=O)cc1. The van der Waals surface area contributed by atoms with E-state index in [1.165, 1.54) is 27.2 Å². The number of amidine groups is 1. The molecule has 10 heteroatoms. The van der Waals surface area contributed by atoms with Gasteiger partial charge in [-0.3, -0.25) is 4.79 Å². The number of hydrogen-bond acceptors (Lipinski definition) is 9. The zero-order valence-electron chi connectivity index (χ0n) is 17.5. The fourth-order valence-electron chi connectivity index (χ4n) is 2.91. The average molecular weight is 430 g/mol. The predicted octanol–water partition coefficient (Wildman–Crippen LogP) is 2.29. The first-order chi connectivity index (χ1) is 15.0. The fraction of sp³-hybridized carbons (Fsp3) is 0.286. The van der Waals surface area contributed by atoms with E-state index in [0.717, 1.165) is 5.56 Å². The monoisotopic (exact) mass is 430 g/mol. The Morgan fingerprint density at radius 1 is 1.03 bits per heavy atom. The van der Waals surface area contributed by atoms with Gasteiger partial charge in [-0.05, 0) is 17.7 Å². The van der Waals surface area contributed by atoms with Crippen molar-refractivity contribution in [2.75, 3.05) is 28.1 Å². The number of amides is 1. The van der Waals surface area contributed by atoms with Crippen molar-refractivity contribution < 1.29 is 38.1 Å². The van der Waals surface area contributed by atoms with Crippen LogP contribution in [-0.4, -0.2) is 45.8 Å². The van der Waals surface area contributed by atoms with Crippen LogP contribution >= 0.6 is 0 Å². The smallest absolute Gasteiger partial charge is 0.369 e. The summed E-state index contributed by atoms with van der Waals surface area (Å²) in [5, 5.41) is 6.40. The molecule has 0 atom stereocenters. The molecule has 3 rings (SSSR count). The maximum atomic E-state index is 12.7. The summed E-state index contributed by atoms with van der Waals surface area (Å²) in [7, 11) is 4.38. The van der Waals surface area contributed by atoms with E-state index >= 15 is 0 Å². The van der Waals surface area contributed by atoms with E-state index in [9.17, 15) is 9.59 Å². The van der Waals surface area contributed by atoms with Crippen molar-refractivity contribution in [2.24, 2.45) is 5.16 Å². The number of rotatable bonds is 7. The summed E-state index contributed by atoms with van der Waals surface area (Å²) in [5.41, 5.74) is 0.852. The summed E-state index contributed by atoms with van der Waals surface area (Å²) in [6.45, 7) is 1.30. The number of benzene rings is 2. The first kappa shape index (κ1) is 21.8. The Morgan fingerprint density at radius 3 is 2.35 bits per heavy atom. The third-order valence-electron chi connectivity index (χ3n) is 4.30. The van der Waals surface area contributed by atoms with Crippen molar-refractivity contribution in [1.29, 1.82) is 0 Å². The molecule has 0 saturated heterocycles. The van der Waals surface area contributed by atoms with Gasteiger partial charge in [0, 0.05) is 19.4 Å². The molecule has 0 radical (unpaired) electrons. The number of hydrogen-bond donors (Lipinski definition) is 1. The molecule has 0 spiro atoms. The Hall–Kier alpha value is -3.95. The summed E-state index contributed by atoms with van der Waals surface area (Å²) in [6.07, 6.45) is 0.221.